The van der Waals surface area contributed by atoms with Gasteiger partial charge in [0.15, 0.2) is 5.11 Å². The summed E-state index contributed by atoms with van der Waals surface area (Å²) in [5.74, 6) is 2.80. The summed E-state index contributed by atoms with van der Waals surface area (Å²) in [4.78, 5) is 17.3. The molecule has 198 valence electrons. The second-order valence-corrected chi connectivity index (χ2v) is 9.75. The Bertz CT molecular complexity index is 1670. The number of para-hydroxylation sites is 1. The highest BCUT2D eigenvalue weighted by Crippen LogP contribution is 2.43. The number of aryl methyl sites for hydroxylation is 1. The number of nitrogens with zero attached hydrogens (tertiary/aromatic N) is 3. The van der Waals surface area contributed by atoms with Gasteiger partial charge < -0.3 is 19.4 Å². The maximum atomic E-state index is 11.1. The van der Waals surface area contributed by atoms with E-state index in [1.54, 1.807) is 18.3 Å². The van der Waals surface area contributed by atoms with E-state index in [1.807, 2.05) is 90.7 Å². The predicted octanol–water partition coefficient (Wildman–Crippen LogP) is 7.53. The first kappa shape index (κ1) is 25.3. The van der Waals surface area contributed by atoms with Crippen LogP contribution in [-0.4, -0.2) is 15.0 Å². The highest BCUT2D eigenvalue weighted by Gasteiger charge is 2.42. The zero-order chi connectivity index (χ0) is 27.6. The molecule has 0 amide bonds. The molecule has 0 spiro atoms. The molecule has 1 saturated heterocycles. The maximum absolute atomic E-state index is 11.1. The van der Waals surface area contributed by atoms with Crippen molar-refractivity contribution in [1.29, 1.82) is 0 Å². The van der Waals surface area contributed by atoms with Gasteiger partial charge in [-0.15, -0.1) is 0 Å². The Hall–Kier alpha value is -5.02. The molecule has 2 aromatic heterocycles. The quantitative estimate of drug-likeness (QED) is 0.127. The van der Waals surface area contributed by atoms with Crippen molar-refractivity contribution in [3.8, 4) is 22.8 Å². The van der Waals surface area contributed by atoms with Crippen molar-refractivity contribution >= 4 is 28.7 Å². The minimum atomic E-state index is -0.421. The molecule has 5 aromatic rings. The predicted molar refractivity (Wildman–Crippen MR) is 156 cm³/mol. The maximum Gasteiger partial charge on any atom is 0.269 e. The van der Waals surface area contributed by atoms with Crippen molar-refractivity contribution in [3.05, 3.63) is 136 Å². The van der Waals surface area contributed by atoms with E-state index in [0.29, 0.717) is 22.4 Å². The molecule has 0 aliphatic carbocycles. The van der Waals surface area contributed by atoms with Gasteiger partial charge in [0.25, 0.3) is 5.69 Å². The Kier molecular flexibility index (Phi) is 6.71. The number of ether oxygens (including phenoxy) is 1. The number of furan rings is 1. The van der Waals surface area contributed by atoms with Crippen molar-refractivity contribution in [3.63, 3.8) is 0 Å². The van der Waals surface area contributed by atoms with Crippen LogP contribution in [-0.2, 0) is 0 Å². The zero-order valence-corrected chi connectivity index (χ0v) is 22.2. The highest BCUT2D eigenvalue weighted by atomic mass is 32.1. The molecule has 0 bridgehead atoms. The van der Waals surface area contributed by atoms with Gasteiger partial charge in [-0.1, -0.05) is 24.3 Å². The van der Waals surface area contributed by atoms with E-state index in [9.17, 15) is 10.1 Å². The number of nitro groups is 1. The summed E-state index contributed by atoms with van der Waals surface area (Å²) >= 11 is 5.82. The molecule has 1 aliphatic rings. The molecule has 6 rings (SSSR count). The van der Waals surface area contributed by atoms with E-state index in [1.165, 1.54) is 12.1 Å². The first-order valence-corrected chi connectivity index (χ1v) is 13.1. The van der Waals surface area contributed by atoms with Gasteiger partial charge in [0.1, 0.15) is 29.1 Å². The standard InChI is InChI=1S/C31H24N4O4S/c1-20-6-2-3-8-26(20)38-24-15-13-22(14-16-24)34-30(29(33-31(34)40)25-7-4-5-19-32-25)28-18-17-27(39-28)21-9-11-23(12-10-21)35(36)37/h2-19,29-30H,1H3,(H,33,40)/t29-,30+/m1/s1. The molecule has 3 heterocycles. The van der Waals surface area contributed by atoms with Gasteiger partial charge >= 0.3 is 0 Å². The molecule has 0 unspecified atom stereocenters. The molecule has 9 heteroatoms. The van der Waals surface area contributed by atoms with Gasteiger partial charge in [-0.05, 0) is 91.4 Å². The fourth-order valence-electron chi connectivity index (χ4n) is 4.81. The number of aromatic nitrogens is 1. The van der Waals surface area contributed by atoms with Crippen LogP contribution in [0.2, 0.25) is 0 Å². The number of nitrogens with one attached hydrogen (secondary N) is 1. The number of nitro benzene ring substituents is 1. The summed E-state index contributed by atoms with van der Waals surface area (Å²) in [5.41, 5.74) is 3.51. The van der Waals surface area contributed by atoms with Gasteiger partial charge in [0.05, 0.1) is 16.7 Å². The summed E-state index contributed by atoms with van der Waals surface area (Å²) in [5, 5.41) is 15.0. The molecule has 0 radical (unpaired) electrons. The SMILES string of the molecule is Cc1ccccc1Oc1ccc(N2C(=S)N[C@H](c3ccccn3)[C@@H]2c2ccc(-c3ccc([N+](=O)[O-])cc3)o2)cc1. The fraction of sp³-hybridized carbons (Fsp3) is 0.0968. The fourth-order valence-corrected chi connectivity index (χ4v) is 5.15. The third-order valence-corrected chi connectivity index (χ3v) is 7.13. The first-order valence-electron chi connectivity index (χ1n) is 12.7. The minimum Gasteiger partial charge on any atom is -0.459 e. The van der Waals surface area contributed by atoms with Crippen LogP contribution in [0.1, 0.15) is 29.1 Å². The Morgan fingerprint density at radius 1 is 0.950 bits per heavy atom. The lowest BCUT2D eigenvalue weighted by Gasteiger charge is -2.26. The molecule has 40 heavy (non-hydrogen) atoms. The van der Waals surface area contributed by atoms with Crippen LogP contribution in [0.25, 0.3) is 11.3 Å². The van der Waals surface area contributed by atoms with Crippen LogP contribution in [0.15, 0.2) is 114 Å². The van der Waals surface area contributed by atoms with Gasteiger partial charge in [-0.3, -0.25) is 15.1 Å². The number of non-ortho nitro benzene ring substituents is 1. The van der Waals surface area contributed by atoms with Crippen LogP contribution >= 0.6 is 12.2 Å². The third kappa shape index (κ3) is 4.90. The van der Waals surface area contributed by atoms with Gasteiger partial charge in [-0.25, -0.2) is 0 Å². The monoisotopic (exact) mass is 548 g/mol. The molecule has 1 N–H and O–H groups in total. The third-order valence-electron chi connectivity index (χ3n) is 6.82. The molecule has 8 nitrogen and oxygen atoms in total. The Morgan fingerprint density at radius 3 is 2.40 bits per heavy atom. The van der Waals surface area contributed by atoms with Gasteiger partial charge in [-0.2, -0.15) is 0 Å². The number of benzene rings is 3. The largest absolute Gasteiger partial charge is 0.459 e. The van der Waals surface area contributed by atoms with Crippen molar-refractivity contribution < 1.29 is 14.1 Å². The average Bonchev–Trinajstić information content (AvgIpc) is 3.60. The minimum absolute atomic E-state index is 0.0251. The van der Waals surface area contributed by atoms with Gasteiger partial charge in [0.2, 0.25) is 0 Å². The number of hydrogen-bond donors (Lipinski definition) is 1. The van der Waals surface area contributed by atoms with Crippen LogP contribution < -0.4 is 15.0 Å². The Morgan fingerprint density at radius 2 is 1.70 bits per heavy atom. The summed E-state index contributed by atoms with van der Waals surface area (Å²) < 4.78 is 12.5. The lowest BCUT2D eigenvalue weighted by atomic mass is 10.0. The van der Waals surface area contributed by atoms with Crippen molar-refractivity contribution in [2.75, 3.05) is 4.90 Å². The highest BCUT2D eigenvalue weighted by molar-refractivity contribution is 7.80. The molecule has 0 saturated carbocycles. The summed E-state index contributed by atoms with van der Waals surface area (Å²) in [6, 6.07) is 30.9. The van der Waals surface area contributed by atoms with E-state index in [2.05, 4.69) is 10.3 Å². The van der Waals surface area contributed by atoms with Crippen molar-refractivity contribution in [2.45, 2.75) is 19.0 Å². The second kappa shape index (κ2) is 10.6. The summed E-state index contributed by atoms with van der Waals surface area (Å²) in [7, 11) is 0. The van der Waals surface area contributed by atoms with Crippen LogP contribution in [0.3, 0.4) is 0 Å². The Balaban J connectivity index is 1.34. The van der Waals surface area contributed by atoms with Gasteiger partial charge in [0, 0.05) is 29.6 Å². The average molecular weight is 549 g/mol. The molecule has 2 atom stereocenters. The summed E-state index contributed by atoms with van der Waals surface area (Å²) in [6.45, 7) is 2.01. The lowest BCUT2D eigenvalue weighted by molar-refractivity contribution is -0.384. The van der Waals surface area contributed by atoms with E-state index < -0.39 is 4.92 Å². The van der Waals surface area contributed by atoms with E-state index in [0.717, 1.165) is 28.3 Å². The van der Waals surface area contributed by atoms with Crippen LogP contribution in [0.5, 0.6) is 11.5 Å². The van der Waals surface area contributed by atoms with E-state index in [-0.39, 0.29) is 17.8 Å². The smallest absolute Gasteiger partial charge is 0.269 e. The molecule has 3 aromatic carbocycles. The summed E-state index contributed by atoms with van der Waals surface area (Å²) in [6.07, 6.45) is 1.75. The van der Waals surface area contributed by atoms with E-state index >= 15 is 0 Å². The Labute approximate surface area is 236 Å². The number of anilines is 1. The van der Waals surface area contributed by atoms with Crippen molar-refractivity contribution in [1.82, 2.24) is 10.3 Å². The van der Waals surface area contributed by atoms with Crippen LogP contribution in [0.4, 0.5) is 11.4 Å². The topological polar surface area (TPSA) is 93.7 Å². The van der Waals surface area contributed by atoms with E-state index in [4.69, 9.17) is 21.4 Å². The zero-order valence-electron chi connectivity index (χ0n) is 21.4. The number of thiocarbonyl (C=S) groups is 1. The molecule has 1 fully saturated rings. The van der Waals surface area contributed by atoms with Crippen molar-refractivity contribution in [2.24, 2.45) is 0 Å². The first-order chi connectivity index (χ1) is 19.5. The number of pyridine rings is 1. The normalized spacial score (nSPS) is 16.5. The molecular formula is C31H24N4O4S. The van der Waals surface area contributed by atoms with Crippen LogP contribution in [0, 0.1) is 17.0 Å². The lowest BCUT2D eigenvalue weighted by Crippen LogP contribution is -2.29. The number of rotatable bonds is 7. The molecular weight excluding hydrogens is 524 g/mol. The second-order valence-electron chi connectivity index (χ2n) is 9.36. The molecule has 1 aliphatic heterocycles. The number of hydrogen-bond acceptors (Lipinski definition) is 6.